The molecule has 3 aromatic carbocycles. The maximum atomic E-state index is 13.8. The molecule has 4 nitrogen and oxygen atoms in total. The lowest BCUT2D eigenvalue weighted by Gasteiger charge is -2.32. The van der Waals surface area contributed by atoms with Crippen molar-refractivity contribution >= 4 is 35.0 Å². The summed E-state index contributed by atoms with van der Waals surface area (Å²) in [7, 11) is 0. The molecule has 0 saturated heterocycles. The number of halogens is 2. The van der Waals surface area contributed by atoms with Crippen molar-refractivity contribution in [1.82, 2.24) is 10.2 Å². The van der Waals surface area contributed by atoms with E-state index in [1.807, 2.05) is 61.5 Å². The molecular weight excluding hydrogens is 479 g/mol. The number of nitrogens with one attached hydrogen (secondary N) is 1. The molecule has 0 aromatic heterocycles. The summed E-state index contributed by atoms with van der Waals surface area (Å²) in [6.45, 7) is 4.79. The third kappa shape index (κ3) is 7.84. The van der Waals surface area contributed by atoms with Crippen molar-refractivity contribution in [2.24, 2.45) is 0 Å². The Kier molecular flexibility index (Phi) is 10.2. The molecule has 2 amide bonds. The minimum absolute atomic E-state index is 0.141. The summed E-state index contributed by atoms with van der Waals surface area (Å²) in [5.41, 5.74) is 3.62. The number of benzene rings is 3. The predicted octanol–water partition coefficient (Wildman–Crippen LogP) is 6.40. The van der Waals surface area contributed by atoms with E-state index < -0.39 is 6.04 Å². The van der Waals surface area contributed by atoms with Gasteiger partial charge in [0, 0.05) is 35.1 Å². The van der Waals surface area contributed by atoms with Crippen molar-refractivity contribution in [2.75, 3.05) is 6.54 Å². The Morgan fingerprint density at radius 3 is 2.17 bits per heavy atom. The maximum Gasteiger partial charge on any atom is 0.243 e. The predicted molar refractivity (Wildman–Crippen MR) is 144 cm³/mol. The summed E-state index contributed by atoms with van der Waals surface area (Å²) in [5.74, 6) is -0.334. The molecule has 6 heteroatoms. The van der Waals surface area contributed by atoms with Gasteiger partial charge in [0.25, 0.3) is 0 Å². The van der Waals surface area contributed by atoms with Crippen LogP contribution >= 0.6 is 23.2 Å². The van der Waals surface area contributed by atoms with Crippen LogP contribution in [0.15, 0.2) is 72.8 Å². The summed E-state index contributed by atoms with van der Waals surface area (Å²) in [6, 6.07) is 22.2. The van der Waals surface area contributed by atoms with E-state index in [9.17, 15) is 9.59 Å². The third-order valence-electron chi connectivity index (χ3n) is 5.97. The highest BCUT2D eigenvalue weighted by Crippen LogP contribution is 2.27. The molecule has 3 aromatic rings. The molecule has 184 valence electrons. The van der Waals surface area contributed by atoms with Crippen molar-refractivity contribution in [2.45, 2.75) is 52.1 Å². The van der Waals surface area contributed by atoms with Crippen LogP contribution in [-0.4, -0.2) is 29.3 Å². The summed E-state index contributed by atoms with van der Waals surface area (Å²) in [4.78, 5) is 28.8. The number of carbonyl (C=O) groups is 2. The second-order valence-corrected chi connectivity index (χ2v) is 9.55. The number of amides is 2. The van der Waals surface area contributed by atoms with Gasteiger partial charge >= 0.3 is 0 Å². The van der Waals surface area contributed by atoms with Gasteiger partial charge in [-0.2, -0.15) is 0 Å². The molecule has 0 aliphatic rings. The van der Waals surface area contributed by atoms with Gasteiger partial charge in [-0.1, -0.05) is 103 Å². The lowest BCUT2D eigenvalue weighted by Crippen LogP contribution is -2.51. The molecule has 0 aliphatic heterocycles. The number of unbranched alkanes of at least 4 members (excludes halogenated alkanes) is 1. The first-order chi connectivity index (χ1) is 16.9. The van der Waals surface area contributed by atoms with Crippen molar-refractivity contribution in [3.63, 3.8) is 0 Å². The number of rotatable bonds is 11. The maximum absolute atomic E-state index is 13.8. The molecule has 0 aliphatic carbocycles. The zero-order chi connectivity index (χ0) is 25.2. The molecular formula is C29H32Cl2N2O2. The van der Waals surface area contributed by atoms with Gasteiger partial charge < -0.3 is 10.2 Å². The fourth-order valence-electron chi connectivity index (χ4n) is 3.90. The molecule has 35 heavy (non-hydrogen) atoms. The number of hydrogen-bond donors (Lipinski definition) is 1. The van der Waals surface area contributed by atoms with Crippen molar-refractivity contribution < 1.29 is 9.59 Å². The van der Waals surface area contributed by atoms with Gasteiger partial charge in [0.15, 0.2) is 0 Å². The van der Waals surface area contributed by atoms with E-state index >= 15 is 0 Å². The average Bonchev–Trinajstić information content (AvgIpc) is 2.85. The van der Waals surface area contributed by atoms with Gasteiger partial charge in [0.1, 0.15) is 6.04 Å². The first-order valence-electron chi connectivity index (χ1n) is 12.0. The Hall–Kier alpha value is -2.82. The van der Waals surface area contributed by atoms with Gasteiger partial charge in [-0.05, 0) is 36.6 Å². The summed E-state index contributed by atoms with van der Waals surface area (Å²) < 4.78 is 0. The highest BCUT2D eigenvalue weighted by atomic mass is 35.5. The lowest BCUT2D eigenvalue weighted by atomic mass is 10.0. The second kappa shape index (κ2) is 13.3. The SMILES string of the molecule is CCCCNC(=O)[C@H](Cc1ccccc1)N(Cc1c(Cl)cccc1Cl)C(=O)Cc1ccc(C)cc1. The molecule has 1 N–H and O–H groups in total. The van der Waals surface area contributed by atoms with E-state index in [0.29, 0.717) is 28.6 Å². The van der Waals surface area contributed by atoms with Crippen molar-refractivity contribution in [1.29, 1.82) is 0 Å². The molecule has 1 atom stereocenters. The zero-order valence-corrected chi connectivity index (χ0v) is 21.8. The Morgan fingerprint density at radius 1 is 0.886 bits per heavy atom. The fraction of sp³-hybridized carbons (Fsp3) is 0.310. The number of nitrogens with zero attached hydrogens (tertiary/aromatic N) is 1. The van der Waals surface area contributed by atoms with E-state index in [0.717, 1.165) is 29.5 Å². The summed E-state index contributed by atoms with van der Waals surface area (Å²) >= 11 is 13.0. The zero-order valence-electron chi connectivity index (χ0n) is 20.3. The van der Waals surface area contributed by atoms with Crippen molar-refractivity contribution in [3.8, 4) is 0 Å². The van der Waals surface area contributed by atoms with Crippen molar-refractivity contribution in [3.05, 3.63) is 105 Å². The van der Waals surface area contributed by atoms with Gasteiger partial charge in [-0.15, -0.1) is 0 Å². The highest BCUT2D eigenvalue weighted by molar-refractivity contribution is 6.36. The molecule has 3 rings (SSSR count). The van der Waals surface area contributed by atoms with E-state index in [1.54, 1.807) is 23.1 Å². The molecule has 0 unspecified atom stereocenters. The Bertz CT molecular complexity index is 1100. The molecule has 0 heterocycles. The summed E-state index contributed by atoms with van der Waals surface area (Å²) in [6.07, 6.45) is 2.41. The third-order valence-corrected chi connectivity index (χ3v) is 6.67. The fourth-order valence-corrected chi connectivity index (χ4v) is 4.41. The van der Waals surface area contributed by atoms with Crippen LogP contribution in [0.4, 0.5) is 0 Å². The van der Waals surface area contributed by atoms with Crippen LogP contribution in [0.25, 0.3) is 0 Å². The molecule has 0 bridgehead atoms. The number of aryl methyl sites for hydroxylation is 1. The minimum Gasteiger partial charge on any atom is -0.354 e. The van der Waals surface area contributed by atoms with Gasteiger partial charge in [-0.3, -0.25) is 9.59 Å². The van der Waals surface area contributed by atoms with Crippen LogP contribution in [0.2, 0.25) is 10.0 Å². The first kappa shape index (κ1) is 26.8. The largest absolute Gasteiger partial charge is 0.354 e. The van der Waals surface area contributed by atoms with Gasteiger partial charge in [-0.25, -0.2) is 0 Å². The van der Waals surface area contributed by atoms with Gasteiger partial charge in [0.05, 0.1) is 6.42 Å². The smallest absolute Gasteiger partial charge is 0.243 e. The van der Waals surface area contributed by atoms with Crippen LogP contribution < -0.4 is 5.32 Å². The monoisotopic (exact) mass is 510 g/mol. The van der Waals surface area contributed by atoms with Crippen LogP contribution in [0.1, 0.15) is 42.0 Å². The average molecular weight is 511 g/mol. The van der Waals surface area contributed by atoms with E-state index in [2.05, 4.69) is 12.2 Å². The van der Waals surface area contributed by atoms with E-state index in [-0.39, 0.29) is 24.8 Å². The Morgan fingerprint density at radius 2 is 1.54 bits per heavy atom. The Labute approximate surface area is 218 Å². The normalized spacial score (nSPS) is 11.7. The summed E-state index contributed by atoms with van der Waals surface area (Å²) in [5, 5.41) is 3.96. The van der Waals surface area contributed by atoms with Crippen LogP contribution in [0.3, 0.4) is 0 Å². The molecule has 0 saturated carbocycles. The van der Waals surface area contributed by atoms with Gasteiger partial charge in [0.2, 0.25) is 11.8 Å². The number of carbonyl (C=O) groups excluding carboxylic acids is 2. The lowest BCUT2D eigenvalue weighted by molar-refractivity contribution is -0.140. The quantitative estimate of drug-likeness (QED) is 0.303. The first-order valence-corrected chi connectivity index (χ1v) is 12.7. The molecule has 0 radical (unpaired) electrons. The standard InChI is InChI=1S/C29H32Cl2N2O2/c1-3-4-17-32-29(35)27(18-22-9-6-5-7-10-22)33(20-24-25(30)11-8-12-26(24)31)28(34)19-23-15-13-21(2)14-16-23/h5-16,27H,3-4,17-20H2,1-2H3,(H,32,35)/t27-/m0/s1. The minimum atomic E-state index is -0.709. The molecule has 0 spiro atoms. The van der Waals surface area contributed by atoms with Crippen LogP contribution in [0, 0.1) is 6.92 Å². The van der Waals surface area contributed by atoms with Crippen LogP contribution in [-0.2, 0) is 29.0 Å². The number of hydrogen-bond acceptors (Lipinski definition) is 2. The Balaban J connectivity index is 1.98. The topological polar surface area (TPSA) is 49.4 Å². The second-order valence-electron chi connectivity index (χ2n) is 8.73. The van der Waals surface area contributed by atoms with E-state index in [4.69, 9.17) is 23.2 Å². The van der Waals surface area contributed by atoms with Crippen LogP contribution in [0.5, 0.6) is 0 Å². The molecule has 0 fully saturated rings. The highest BCUT2D eigenvalue weighted by Gasteiger charge is 2.31. The van der Waals surface area contributed by atoms with E-state index in [1.165, 1.54) is 0 Å².